The number of aryl methyl sites for hydroxylation is 1. The van der Waals surface area contributed by atoms with Crippen molar-refractivity contribution in [2.45, 2.75) is 20.4 Å². The Labute approximate surface area is 190 Å². The van der Waals surface area contributed by atoms with Crippen LogP contribution in [0.3, 0.4) is 0 Å². The van der Waals surface area contributed by atoms with Crippen LogP contribution in [-0.4, -0.2) is 73.8 Å². The normalized spacial score (nSPS) is 10.8. The zero-order chi connectivity index (χ0) is 23.7. The van der Waals surface area contributed by atoms with E-state index in [2.05, 4.69) is 0 Å². The average molecular weight is 446 g/mol. The summed E-state index contributed by atoms with van der Waals surface area (Å²) in [5.41, 5.74) is 1.40. The second-order valence-corrected chi connectivity index (χ2v) is 8.06. The van der Waals surface area contributed by atoms with Gasteiger partial charge in [-0.05, 0) is 30.2 Å². The molecule has 0 aliphatic heterocycles. The minimum Gasteiger partial charge on any atom is -0.497 e. The Morgan fingerprint density at radius 3 is 2.38 bits per heavy atom. The number of benzene rings is 1. The largest absolute Gasteiger partial charge is 0.497 e. The first-order chi connectivity index (χ1) is 15.3. The fraction of sp³-hybridized carbons (Fsp3) is 0.500. The molecular weight excluding hydrogens is 410 g/mol. The number of amides is 2. The van der Waals surface area contributed by atoms with Crippen molar-refractivity contribution in [3.05, 3.63) is 47.8 Å². The predicted octanol–water partition coefficient (Wildman–Crippen LogP) is 2.82. The SMILES string of the molecule is COCCN(Cc1cccn1C)C(=O)CN(CC(C)C)C(=O)c1ccc(OC)cc1OC. The van der Waals surface area contributed by atoms with Crippen LogP contribution in [0, 0.1) is 5.92 Å². The van der Waals surface area contributed by atoms with Gasteiger partial charge in [-0.3, -0.25) is 9.59 Å². The molecule has 0 saturated heterocycles. The minimum absolute atomic E-state index is 0.0274. The number of carbonyl (C=O) groups excluding carboxylic acids is 2. The van der Waals surface area contributed by atoms with Crippen molar-refractivity contribution in [3.8, 4) is 11.5 Å². The first-order valence-electron chi connectivity index (χ1n) is 10.7. The number of ether oxygens (including phenoxy) is 3. The summed E-state index contributed by atoms with van der Waals surface area (Å²) in [6.45, 7) is 5.76. The van der Waals surface area contributed by atoms with Crippen molar-refractivity contribution < 1.29 is 23.8 Å². The van der Waals surface area contributed by atoms with E-state index in [9.17, 15) is 9.59 Å². The molecule has 8 heteroatoms. The first-order valence-corrected chi connectivity index (χ1v) is 10.7. The number of carbonyl (C=O) groups is 2. The molecule has 2 aromatic rings. The fourth-order valence-corrected chi connectivity index (χ4v) is 3.42. The van der Waals surface area contributed by atoms with Gasteiger partial charge in [0.05, 0.1) is 32.9 Å². The van der Waals surface area contributed by atoms with Crippen molar-refractivity contribution in [1.82, 2.24) is 14.4 Å². The Bertz CT molecular complexity index is 894. The van der Waals surface area contributed by atoms with Crippen LogP contribution < -0.4 is 9.47 Å². The van der Waals surface area contributed by atoms with Crippen molar-refractivity contribution in [3.63, 3.8) is 0 Å². The molecule has 1 heterocycles. The fourth-order valence-electron chi connectivity index (χ4n) is 3.42. The molecule has 0 atom stereocenters. The van der Waals surface area contributed by atoms with Gasteiger partial charge in [0.2, 0.25) is 5.91 Å². The van der Waals surface area contributed by atoms with Gasteiger partial charge in [-0.2, -0.15) is 0 Å². The number of hydrogen-bond acceptors (Lipinski definition) is 5. The van der Waals surface area contributed by atoms with Gasteiger partial charge in [0.25, 0.3) is 5.91 Å². The van der Waals surface area contributed by atoms with Crippen LogP contribution >= 0.6 is 0 Å². The quantitative estimate of drug-likeness (QED) is 0.502. The third kappa shape index (κ3) is 6.75. The second kappa shape index (κ2) is 12.1. The number of hydrogen-bond donors (Lipinski definition) is 0. The topological polar surface area (TPSA) is 73.2 Å². The van der Waals surface area contributed by atoms with E-state index < -0.39 is 0 Å². The number of rotatable bonds is 12. The number of nitrogens with zero attached hydrogens (tertiary/aromatic N) is 3. The molecule has 2 amide bonds. The summed E-state index contributed by atoms with van der Waals surface area (Å²) in [6.07, 6.45) is 1.94. The lowest BCUT2D eigenvalue weighted by Gasteiger charge is -2.29. The molecule has 0 N–H and O–H groups in total. The third-order valence-electron chi connectivity index (χ3n) is 5.16. The molecule has 8 nitrogen and oxygen atoms in total. The van der Waals surface area contributed by atoms with Gasteiger partial charge in [0.15, 0.2) is 0 Å². The van der Waals surface area contributed by atoms with Gasteiger partial charge in [-0.1, -0.05) is 13.8 Å². The van der Waals surface area contributed by atoms with Crippen molar-refractivity contribution in [2.75, 3.05) is 47.6 Å². The van der Waals surface area contributed by atoms with Gasteiger partial charge in [-0.25, -0.2) is 0 Å². The van der Waals surface area contributed by atoms with Gasteiger partial charge in [0.1, 0.15) is 18.0 Å². The van der Waals surface area contributed by atoms with Crippen LogP contribution in [0.4, 0.5) is 0 Å². The molecule has 0 unspecified atom stereocenters. The monoisotopic (exact) mass is 445 g/mol. The lowest BCUT2D eigenvalue weighted by molar-refractivity contribution is -0.133. The maximum atomic E-state index is 13.4. The molecule has 2 rings (SSSR count). The lowest BCUT2D eigenvalue weighted by Crippen LogP contribution is -2.45. The maximum Gasteiger partial charge on any atom is 0.258 e. The van der Waals surface area contributed by atoms with E-state index >= 15 is 0 Å². The van der Waals surface area contributed by atoms with E-state index in [0.717, 1.165) is 5.69 Å². The Morgan fingerprint density at radius 1 is 1.06 bits per heavy atom. The highest BCUT2D eigenvalue weighted by atomic mass is 16.5. The molecule has 176 valence electrons. The molecule has 0 spiro atoms. The van der Waals surface area contributed by atoms with Gasteiger partial charge >= 0.3 is 0 Å². The summed E-state index contributed by atoms with van der Waals surface area (Å²) in [7, 11) is 6.62. The summed E-state index contributed by atoms with van der Waals surface area (Å²) >= 11 is 0. The number of methoxy groups -OCH3 is 3. The van der Waals surface area contributed by atoms with Gasteiger partial charge < -0.3 is 28.6 Å². The molecule has 0 aliphatic rings. The Balaban J connectivity index is 2.26. The van der Waals surface area contributed by atoms with Crippen LogP contribution in [0.5, 0.6) is 11.5 Å². The van der Waals surface area contributed by atoms with Crippen molar-refractivity contribution >= 4 is 11.8 Å². The zero-order valence-corrected chi connectivity index (χ0v) is 20.0. The highest BCUT2D eigenvalue weighted by Crippen LogP contribution is 2.26. The minimum atomic E-state index is -0.253. The molecule has 32 heavy (non-hydrogen) atoms. The van der Waals surface area contributed by atoms with E-state index in [0.29, 0.717) is 43.3 Å². The van der Waals surface area contributed by atoms with E-state index in [1.54, 1.807) is 42.2 Å². The average Bonchev–Trinajstić information content (AvgIpc) is 3.18. The summed E-state index contributed by atoms with van der Waals surface area (Å²) in [5.74, 6) is 0.812. The highest BCUT2D eigenvalue weighted by molar-refractivity contribution is 5.99. The van der Waals surface area contributed by atoms with Gasteiger partial charge in [-0.15, -0.1) is 0 Å². The molecule has 1 aromatic carbocycles. The lowest BCUT2D eigenvalue weighted by atomic mass is 10.1. The molecule has 0 radical (unpaired) electrons. The van der Waals surface area contributed by atoms with Crippen molar-refractivity contribution in [1.29, 1.82) is 0 Å². The Kier molecular flexibility index (Phi) is 9.59. The third-order valence-corrected chi connectivity index (χ3v) is 5.16. The standard InChI is InChI=1S/C24H35N3O5/c1-18(2)15-27(24(29)21-10-9-20(31-5)14-22(21)32-6)17-23(28)26(12-13-30-4)16-19-8-7-11-25(19)3/h7-11,14,18H,12-13,15-17H2,1-6H3. The second-order valence-electron chi connectivity index (χ2n) is 8.06. The first kappa shape index (κ1) is 25.3. The van der Waals surface area contributed by atoms with Crippen LogP contribution in [-0.2, 0) is 23.1 Å². The molecule has 0 saturated carbocycles. The zero-order valence-electron chi connectivity index (χ0n) is 20.0. The highest BCUT2D eigenvalue weighted by Gasteiger charge is 2.25. The van der Waals surface area contributed by atoms with Crippen molar-refractivity contribution in [2.24, 2.45) is 13.0 Å². The summed E-state index contributed by atoms with van der Waals surface area (Å²) in [5, 5.41) is 0. The summed E-state index contributed by atoms with van der Waals surface area (Å²) < 4.78 is 17.8. The van der Waals surface area contributed by atoms with E-state index in [1.165, 1.54) is 7.11 Å². The van der Waals surface area contributed by atoms with E-state index in [-0.39, 0.29) is 24.3 Å². The number of aromatic nitrogens is 1. The maximum absolute atomic E-state index is 13.4. The summed E-state index contributed by atoms with van der Waals surface area (Å²) in [6, 6.07) is 8.98. The molecule has 0 aliphatic carbocycles. The van der Waals surface area contributed by atoms with Crippen LogP contribution in [0.2, 0.25) is 0 Å². The van der Waals surface area contributed by atoms with Crippen LogP contribution in [0.1, 0.15) is 29.9 Å². The Hall–Kier alpha value is -3.00. The molecule has 0 fully saturated rings. The predicted molar refractivity (Wildman–Crippen MR) is 123 cm³/mol. The molecule has 0 bridgehead atoms. The van der Waals surface area contributed by atoms with Gasteiger partial charge in [0, 0.05) is 45.2 Å². The smallest absolute Gasteiger partial charge is 0.258 e. The summed E-state index contributed by atoms with van der Waals surface area (Å²) in [4.78, 5) is 30.0. The Morgan fingerprint density at radius 2 is 1.81 bits per heavy atom. The van der Waals surface area contributed by atoms with Crippen LogP contribution in [0.15, 0.2) is 36.5 Å². The molecular formula is C24H35N3O5. The van der Waals surface area contributed by atoms with E-state index in [1.807, 2.05) is 43.8 Å². The van der Waals surface area contributed by atoms with E-state index in [4.69, 9.17) is 14.2 Å². The molecule has 1 aromatic heterocycles. The van der Waals surface area contributed by atoms with Crippen LogP contribution in [0.25, 0.3) is 0 Å².